The normalized spacial score (nSPS) is 15.0. The number of aromatic nitrogens is 4. The second kappa shape index (κ2) is 8.47. The zero-order valence-corrected chi connectivity index (χ0v) is 18.1. The highest BCUT2D eigenvalue weighted by molar-refractivity contribution is 5.99. The second-order valence-electron chi connectivity index (χ2n) is 8.33. The van der Waals surface area contributed by atoms with Gasteiger partial charge in [-0.05, 0) is 37.0 Å². The van der Waals surface area contributed by atoms with Crippen LogP contribution in [0.25, 0.3) is 22.2 Å². The summed E-state index contributed by atoms with van der Waals surface area (Å²) >= 11 is 0. The molecule has 31 heavy (non-hydrogen) atoms. The molecular weight excluding hydrogens is 384 g/mol. The van der Waals surface area contributed by atoms with E-state index in [-0.39, 0.29) is 0 Å². The molecule has 0 radical (unpaired) electrons. The van der Waals surface area contributed by atoms with Gasteiger partial charge in [-0.2, -0.15) is 5.10 Å². The Kier molecular flexibility index (Phi) is 5.38. The third-order valence-corrected chi connectivity index (χ3v) is 6.37. The van der Waals surface area contributed by atoms with Gasteiger partial charge < -0.3 is 10.2 Å². The molecule has 2 aromatic heterocycles. The summed E-state index contributed by atoms with van der Waals surface area (Å²) in [7, 11) is 1.94. The highest BCUT2D eigenvalue weighted by Crippen LogP contribution is 2.32. The Labute approximate surface area is 182 Å². The van der Waals surface area contributed by atoms with E-state index in [9.17, 15) is 0 Å². The summed E-state index contributed by atoms with van der Waals surface area (Å²) in [4.78, 5) is 2.38. The molecule has 4 aromatic rings. The van der Waals surface area contributed by atoms with Gasteiger partial charge in [0, 0.05) is 49.7 Å². The Balaban J connectivity index is 1.32. The van der Waals surface area contributed by atoms with Crippen molar-refractivity contribution in [3.63, 3.8) is 0 Å². The fourth-order valence-electron chi connectivity index (χ4n) is 4.48. The molecule has 1 fully saturated rings. The molecule has 0 bridgehead atoms. The molecule has 0 unspecified atom stereocenters. The van der Waals surface area contributed by atoms with Crippen molar-refractivity contribution in [3.8, 4) is 11.4 Å². The summed E-state index contributed by atoms with van der Waals surface area (Å²) in [6.45, 7) is 5.07. The predicted molar refractivity (Wildman–Crippen MR) is 125 cm³/mol. The molecule has 6 heteroatoms. The van der Waals surface area contributed by atoms with E-state index in [1.165, 1.54) is 11.1 Å². The molecule has 5 rings (SSSR count). The third-order valence-electron chi connectivity index (χ3n) is 6.37. The van der Waals surface area contributed by atoms with Crippen molar-refractivity contribution in [3.05, 3.63) is 71.9 Å². The van der Waals surface area contributed by atoms with E-state index in [1.54, 1.807) is 6.20 Å². The number of nitrogens with zero attached hydrogens (tertiary/aromatic N) is 5. The topological polar surface area (TPSA) is 58.9 Å². The maximum atomic E-state index is 4.67. The minimum Gasteiger partial charge on any atom is -0.354 e. The Morgan fingerprint density at radius 1 is 0.935 bits per heavy atom. The molecule has 2 aromatic carbocycles. The predicted octanol–water partition coefficient (Wildman–Crippen LogP) is 4.10. The van der Waals surface area contributed by atoms with E-state index in [2.05, 4.69) is 81.0 Å². The van der Waals surface area contributed by atoms with Gasteiger partial charge in [-0.1, -0.05) is 48.5 Å². The standard InChI is InChI=1S/C25H28N6/c1-18-7-3-4-8-19(18)17-26-20-12-15-31(16-13-20)25-22-10-6-5-9-21(22)24(28-29-25)23-11-14-27-30(23)2/h3-11,14,20,26H,12-13,15-17H2,1-2H3. The molecule has 1 aliphatic rings. The van der Waals surface area contributed by atoms with E-state index < -0.39 is 0 Å². The summed E-state index contributed by atoms with van der Waals surface area (Å²) in [5, 5.41) is 19.6. The maximum Gasteiger partial charge on any atom is 0.159 e. The highest BCUT2D eigenvalue weighted by atomic mass is 15.3. The van der Waals surface area contributed by atoms with E-state index in [0.29, 0.717) is 6.04 Å². The van der Waals surface area contributed by atoms with E-state index in [4.69, 9.17) is 0 Å². The van der Waals surface area contributed by atoms with Crippen molar-refractivity contribution in [1.82, 2.24) is 25.3 Å². The minimum atomic E-state index is 0.531. The summed E-state index contributed by atoms with van der Waals surface area (Å²) in [6, 6.07) is 19.6. The molecule has 0 saturated carbocycles. The van der Waals surface area contributed by atoms with Crippen LogP contribution in [0.3, 0.4) is 0 Å². The Morgan fingerprint density at radius 3 is 2.42 bits per heavy atom. The van der Waals surface area contributed by atoms with Gasteiger partial charge in [-0.3, -0.25) is 4.68 Å². The molecule has 0 amide bonds. The number of hydrogen-bond donors (Lipinski definition) is 1. The molecule has 158 valence electrons. The fraction of sp³-hybridized carbons (Fsp3) is 0.320. The van der Waals surface area contributed by atoms with Crippen LogP contribution in [0.4, 0.5) is 5.82 Å². The van der Waals surface area contributed by atoms with Crippen molar-refractivity contribution in [1.29, 1.82) is 0 Å². The van der Waals surface area contributed by atoms with Crippen LogP contribution in [0.5, 0.6) is 0 Å². The Bertz CT molecular complexity index is 1190. The van der Waals surface area contributed by atoms with Crippen molar-refractivity contribution in [2.45, 2.75) is 32.4 Å². The first kappa shape index (κ1) is 19.7. The first-order chi connectivity index (χ1) is 15.2. The monoisotopic (exact) mass is 412 g/mol. The number of fused-ring (bicyclic) bond motifs is 1. The lowest BCUT2D eigenvalue weighted by Crippen LogP contribution is -2.42. The van der Waals surface area contributed by atoms with Crippen molar-refractivity contribution >= 4 is 16.6 Å². The second-order valence-corrected chi connectivity index (χ2v) is 8.33. The van der Waals surface area contributed by atoms with Gasteiger partial charge in [-0.25, -0.2) is 0 Å². The van der Waals surface area contributed by atoms with Crippen LogP contribution in [0.1, 0.15) is 24.0 Å². The fourth-order valence-corrected chi connectivity index (χ4v) is 4.48. The van der Waals surface area contributed by atoms with E-state index >= 15 is 0 Å². The van der Waals surface area contributed by atoms with E-state index in [1.807, 2.05) is 17.8 Å². The first-order valence-electron chi connectivity index (χ1n) is 11.0. The number of nitrogens with one attached hydrogen (secondary N) is 1. The number of anilines is 1. The van der Waals surface area contributed by atoms with Crippen molar-refractivity contribution in [2.75, 3.05) is 18.0 Å². The van der Waals surface area contributed by atoms with Gasteiger partial charge in [0.2, 0.25) is 0 Å². The lowest BCUT2D eigenvalue weighted by molar-refractivity contribution is 0.412. The quantitative estimate of drug-likeness (QED) is 0.535. The molecule has 1 saturated heterocycles. The van der Waals surface area contributed by atoms with Gasteiger partial charge >= 0.3 is 0 Å². The number of aryl methyl sites for hydroxylation is 2. The molecule has 0 atom stereocenters. The average Bonchev–Trinajstić information content (AvgIpc) is 3.24. The zero-order valence-electron chi connectivity index (χ0n) is 18.1. The van der Waals surface area contributed by atoms with Crippen LogP contribution >= 0.6 is 0 Å². The van der Waals surface area contributed by atoms with Crippen LogP contribution in [0.2, 0.25) is 0 Å². The minimum absolute atomic E-state index is 0.531. The molecular formula is C25H28N6. The number of hydrogen-bond acceptors (Lipinski definition) is 5. The maximum absolute atomic E-state index is 4.67. The number of rotatable bonds is 5. The highest BCUT2D eigenvalue weighted by Gasteiger charge is 2.23. The number of piperidine rings is 1. The van der Waals surface area contributed by atoms with Crippen LogP contribution in [0.15, 0.2) is 60.8 Å². The molecule has 0 aliphatic carbocycles. The largest absolute Gasteiger partial charge is 0.354 e. The Hall–Kier alpha value is -3.25. The SMILES string of the molecule is Cc1ccccc1CNC1CCN(c2nnc(-c3ccnn3C)c3ccccc23)CC1. The summed E-state index contributed by atoms with van der Waals surface area (Å²) < 4.78 is 1.85. The van der Waals surface area contributed by atoms with Gasteiger partial charge in [-0.15, -0.1) is 10.2 Å². The molecule has 3 heterocycles. The van der Waals surface area contributed by atoms with Gasteiger partial charge in [0.15, 0.2) is 5.82 Å². The van der Waals surface area contributed by atoms with Crippen LogP contribution in [-0.4, -0.2) is 39.1 Å². The molecule has 0 spiro atoms. The summed E-state index contributed by atoms with van der Waals surface area (Å²) in [6.07, 6.45) is 4.01. The summed E-state index contributed by atoms with van der Waals surface area (Å²) in [5.74, 6) is 0.985. The lowest BCUT2D eigenvalue weighted by Gasteiger charge is -2.33. The molecule has 6 nitrogen and oxygen atoms in total. The van der Waals surface area contributed by atoms with Crippen LogP contribution in [-0.2, 0) is 13.6 Å². The van der Waals surface area contributed by atoms with Gasteiger partial charge in [0.25, 0.3) is 0 Å². The Morgan fingerprint density at radius 2 is 1.68 bits per heavy atom. The summed E-state index contributed by atoms with van der Waals surface area (Å²) in [5.41, 5.74) is 4.60. The average molecular weight is 413 g/mol. The smallest absolute Gasteiger partial charge is 0.159 e. The van der Waals surface area contributed by atoms with Gasteiger partial charge in [0.1, 0.15) is 5.69 Å². The van der Waals surface area contributed by atoms with Gasteiger partial charge in [0.05, 0.1) is 5.69 Å². The lowest BCUT2D eigenvalue weighted by atomic mass is 10.0. The van der Waals surface area contributed by atoms with Crippen molar-refractivity contribution in [2.24, 2.45) is 7.05 Å². The van der Waals surface area contributed by atoms with E-state index in [0.717, 1.165) is 60.5 Å². The van der Waals surface area contributed by atoms with Crippen LogP contribution < -0.4 is 10.2 Å². The first-order valence-corrected chi connectivity index (χ1v) is 11.0. The third kappa shape index (κ3) is 3.91. The molecule has 1 aliphatic heterocycles. The number of benzene rings is 2. The molecule has 1 N–H and O–H groups in total. The zero-order chi connectivity index (χ0) is 21.2. The van der Waals surface area contributed by atoms with Crippen molar-refractivity contribution < 1.29 is 0 Å². The van der Waals surface area contributed by atoms with Crippen LogP contribution in [0, 0.1) is 6.92 Å².